The fourth-order valence-electron chi connectivity index (χ4n) is 3.26. The smallest absolute Gasteiger partial charge is 0.194 e. The minimum atomic E-state index is 0.623. The first-order valence-corrected chi connectivity index (χ1v) is 9.09. The molecule has 0 saturated heterocycles. The summed E-state index contributed by atoms with van der Waals surface area (Å²) in [7, 11) is 5.80. The average molecular weight is 364 g/mol. The van der Waals surface area contributed by atoms with E-state index in [2.05, 4.69) is 30.0 Å². The first-order chi connectivity index (χ1) is 12.1. The molecule has 8 heteroatoms. The SMILES string of the molecule is CN=C(NCc1nnc2n1CCCCC2)N(C)Cc1cc(Cl)cn1C. The van der Waals surface area contributed by atoms with E-state index in [0.717, 1.165) is 47.8 Å². The Labute approximate surface area is 153 Å². The van der Waals surface area contributed by atoms with Gasteiger partial charge in [0.05, 0.1) is 18.1 Å². The third kappa shape index (κ3) is 4.15. The topological polar surface area (TPSA) is 63.3 Å². The Hall–Kier alpha value is -2.02. The van der Waals surface area contributed by atoms with E-state index in [1.165, 1.54) is 19.3 Å². The molecule has 1 aliphatic rings. The zero-order valence-electron chi connectivity index (χ0n) is 15.2. The van der Waals surface area contributed by atoms with Crippen LogP contribution in [0.3, 0.4) is 0 Å². The monoisotopic (exact) mass is 363 g/mol. The standard InChI is InChI=1S/C17H26ClN7/c1-19-17(24(3)12-14-9-13(18)11-23(14)2)20-10-16-22-21-15-7-5-4-6-8-25(15)16/h9,11H,4-8,10,12H2,1-3H3,(H,19,20). The number of hydrogen-bond donors (Lipinski definition) is 1. The maximum atomic E-state index is 6.07. The van der Waals surface area contributed by atoms with Crippen molar-refractivity contribution < 1.29 is 0 Å². The highest BCUT2D eigenvalue weighted by atomic mass is 35.5. The van der Waals surface area contributed by atoms with Crippen LogP contribution in [0.4, 0.5) is 0 Å². The maximum absolute atomic E-state index is 6.07. The molecule has 1 aliphatic heterocycles. The molecule has 0 spiro atoms. The molecule has 0 atom stereocenters. The van der Waals surface area contributed by atoms with Gasteiger partial charge in [0.2, 0.25) is 0 Å². The number of guanidine groups is 1. The number of aromatic nitrogens is 4. The average Bonchev–Trinajstić information content (AvgIpc) is 3.01. The summed E-state index contributed by atoms with van der Waals surface area (Å²) in [5.41, 5.74) is 1.13. The Bertz CT molecular complexity index is 746. The molecule has 3 rings (SSSR count). The summed E-state index contributed by atoms with van der Waals surface area (Å²) < 4.78 is 4.29. The molecule has 1 N–H and O–H groups in total. The van der Waals surface area contributed by atoms with Crippen LogP contribution in [-0.4, -0.2) is 44.3 Å². The third-order valence-corrected chi connectivity index (χ3v) is 4.84. The fourth-order valence-corrected chi connectivity index (χ4v) is 3.53. The van der Waals surface area contributed by atoms with Crippen molar-refractivity contribution in [1.82, 2.24) is 29.5 Å². The van der Waals surface area contributed by atoms with Crippen molar-refractivity contribution >= 4 is 17.6 Å². The van der Waals surface area contributed by atoms with Crippen molar-refractivity contribution in [2.75, 3.05) is 14.1 Å². The van der Waals surface area contributed by atoms with E-state index < -0.39 is 0 Å². The molecule has 7 nitrogen and oxygen atoms in total. The Kier molecular flexibility index (Phi) is 5.63. The van der Waals surface area contributed by atoms with Gasteiger partial charge >= 0.3 is 0 Å². The lowest BCUT2D eigenvalue weighted by atomic mass is 10.2. The van der Waals surface area contributed by atoms with E-state index in [1.54, 1.807) is 7.05 Å². The van der Waals surface area contributed by atoms with Crippen LogP contribution in [0.25, 0.3) is 0 Å². The molecular formula is C17H26ClN7. The Morgan fingerprint density at radius 2 is 2.20 bits per heavy atom. The van der Waals surface area contributed by atoms with Crippen LogP contribution in [0.1, 0.15) is 36.6 Å². The molecule has 0 unspecified atom stereocenters. The van der Waals surface area contributed by atoms with E-state index >= 15 is 0 Å². The van der Waals surface area contributed by atoms with Gasteiger partial charge in [-0.25, -0.2) is 0 Å². The highest BCUT2D eigenvalue weighted by Crippen LogP contribution is 2.15. The summed E-state index contributed by atoms with van der Waals surface area (Å²) in [6.45, 7) is 2.36. The van der Waals surface area contributed by atoms with Gasteiger partial charge in [0.25, 0.3) is 0 Å². The van der Waals surface area contributed by atoms with Gasteiger partial charge in [-0.05, 0) is 18.9 Å². The van der Waals surface area contributed by atoms with Crippen LogP contribution < -0.4 is 5.32 Å². The highest BCUT2D eigenvalue weighted by Gasteiger charge is 2.16. The molecular weight excluding hydrogens is 338 g/mol. The van der Waals surface area contributed by atoms with E-state index in [-0.39, 0.29) is 0 Å². The molecule has 25 heavy (non-hydrogen) atoms. The summed E-state index contributed by atoms with van der Waals surface area (Å²) in [6, 6.07) is 1.98. The van der Waals surface area contributed by atoms with Gasteiger partial charge in [-0.3, -0.25) is 4.99 Å². The van der Waals surface area contributed by atoms with E-state index in [1.807, 2.05) is 30.9 Å². The third-order valence-electron chi connectivity index (χ3n) is 4.64. The minimum Gasteiger partial charge on any atom is -0.351 e. The van der Waals surface area contributed by atoms with E-state index in [0.29, 0.717) is 6.54 Å². The van der Waals surface area contributed by atoms with Gasteiger partial charge in [-0.1, -0.05) is 18.0 Å². The number of aryl methyl sites for hydroxylation is 2. The van der Waals surface area contributed by atoms with Crippen molar-refractivity contribution in [2.24, 2.45) is 12.0 Å². The number of rotatable bonds is 4. The first-order valence-electron chi connectivity index (χ1n) is 8.72. The molecule has 136 valence electrons. The maximum Gasteiger partial charge on any atom is 0.194 e. The molecule has 0 aliphatic carbocycles. The molecule has 3 heterocycles. The van der Waals surface area contributed by atoms with Crippen molar-refractivity contribution in [3.63, 3.8) is 0 Å². The molecule has 0 bridgehead atoms. The quantitative estimate of drug-likeness (QED) is 0.668. The second-order valence-corrected chi connectivity index (χ2v) is 6.95. The number of fused-ring (bicyclic) bond motifs is 1. The lowest BCUT2D eigenvalue weighted by molar-refractivity contribution is 0.459. The summed E-state index contributed by atoms with van der Waals surface area (Å²) in [4.78, 5) is 6.46. The predicted molar refractivity (Wildman–Crippen MR) is 99.7 cm³/mol. The van der Waals surface area contributed by atoms with Gasteiger partial charge in [0, 0.05) is 46.0 Å². The van der Waals surface area contributed by atoms with Gasteiger partial charge in [-0.15, -0.1) is 10.2 Å². The van der Waals surface area contributed by atoms with Crippen molar-refractivity contribution in [3.05, 3.63) is 34.6 Å². The normalized spacial score (nSPS) is 15.0. The molecule has 0 aromatic carbocycles. The second-order valence-electron chi connectivity index (χ2n) is 6.51. The van der Waals surface area contributed by atoms with Crippen LogP contribution >= 0.6 is 11.6 Å². The van der Waals surface area contributed by atoms with Crippen LogP contribution in [0, 0.1) is 0 Å². The largest absolute Gasteiger partial charge is 0.351 e. The number of aliphatic imine (C=N–C) groups is 1. The Balaban J connectivity index is 1.63. The Morgan fingerprint density at radius 1 is 1.36 bits per heavy atom. The summed E-state index contributed by atoms with van der Waals surface area (Å²) in [5.74, 6) is 2.91. The molecule has 2 aromatic rings. The van der Waals surface area contributed by atoms with Crippen LogP contribution in [0.15, 0.2) is 17.3 Å². The number of halogens is 1. The van der Waals surface area contributed by atoms with Gasteiger partial charge in [-0.2, -0.15) is 0 Å². The summed E-state index contributed by atoms with van der Waals surface area (Å²) >= 11 is 6.07. The number of hydrogen-bond acceptors (Lipinski definition) is 3. The molecule has 2 aromatic heterocycles. The van der Waals surface area contributed by atoms with Gasteiger partial charge in [0.15, 0.2) is 11.8 Å². The molecule has 0 amide bonds. The van der Waals surface area contributed by atoms with Gasteiger partial charge < -0.3 is 19.4 Å². The van der Waals surface area contributed by atoms with Crippen molar-refractivity contribution in [3.8, 4) is 0 Å². The highest BCUT2D eigenvalue weighted by molar-refractivity contribution is 6.30. The van der Waals surface area contributed by atoms with Crippen molar-refractivity contribution in [2.45, 2.75) is 45.3 Å². The lowest BCUT2D eigenvalue weighted by Gasteiger charge is -2.22. The van der Waals surface area contributed by atoms with E-state index in [9.17, 15) is 0 Å². The summed E-state index contributed by atoms with van der Waals surface area (Å²) in [5, 5.41) is 12.9. The van der Waals surface area contributed by atoms with Crippen molar-refractivity contribution in [1.29, 1.82) is 0 Å². The van der Waals surface area contributed by atoms with E-state index in [4.69, 9.17) is 11.6 Å². The second kappa shape index (κ2) is 7.91. The minimum absolute atomic E-state index is 0.623. The first kappa shape index (κ1) is 17.8. The number of nitrogens with one attached hydrogen (secondary N) is 1. The Morgan fingerprint density at radius 3 is 2.92 bits per heavy atom. The van der Waals surface area contributed by atoms with Crippen LogP contribution in [0.5, 0.6) is 0 Å². The zero-order chi connectivity index (χ0) is 17.8. The van der Waals surface area contributed by atoms with Gasteiger partial charge in [0.1, 0.15) is 5.82 Å². The number of nitrogens with zero attached hydrogens (tertiary/aromatic N) is 6. The fraction of sp³-hybridized carbons (Fsp3) is 0.588. The molecule has 0 fully saturated rings. The zero-order valence-corrected chi connectivity index (χ0v) is 15.9. The molecule has 0 radical (unpaired) electrons. The van der Waals surface area contributed by atoms with Crippen LogP contribution in [0.2, 0.25) is 5.02 Å². The molecule has 0 saturated carbocycles. The summed E-state index contributed by atoms with van der Waals surface area (Å²) in [6.07, 6.45) is 6.60. The lowest BCUT2D eigenvalue weighted by Crippen LogP contribution is -2.38. The van der Waals surface area contributed by atoms with Crippen LogP contribution in [-0.2, 0) is 33.1 Å². The predicted octanol–water partition coefficient (Wildman–Crippen LogP) is 2.20.